The third-order valence-electron chi connectivity index (χ3n) is 2.27. The maximum atomic E-state index is 13.2. The lowest BCUT2D eigenvalue weighted by atomic mass is 10.0. The first kappa shape index (κ1) is 12.5. The Morgan fingerprint density at radius 3 is 2.47 bits per heavy atom. The second-order valence-electron chi connectivity index (χ2n) is 3.47. The summed E-state index contributed by atoms with van der Waals surface area (Å²) in [6.45, 7) is 0. The van der Waals surface area contributed by atoms with E-state index in [1.807, 2.05) is 6.07 Å². The molecule has 2 aromatic carbocycles. The zero-order valence-corrected chi connectivity index (χ0v) is 11.5. The van der Waals surface area contributed by atoms with Gasteiger partial charge in [0.15, 0.2) is 5.78 Å². The minimum Gasteiger partial charge on any atom is -0.289 e. The highest BCUT2D eigenvalue weighted by molar-refractivity contribution is 14.1. The molecule has 0 saturated heterocycles. The highest BCUT2D eigenvalue weighted by Crippen LogP contribution is 2.18. The monoisotopic (exact) mass is 360 g/mol. The van der Waals surface area contributed by atoms with Crippen molar-refractivity contribution in [2.75, 3.05) is 0 Å². The van der Waals surface area contributed by atoms with Crippen LogP contribution in [-0.2, 0) is 0 Å². The number of rotatable bonds is 2. The molecule has 86 valence electrons. The maximum Gasteiger partial charge on any atom is 0.193 e. The number of carbonyl (C=O) groups is 1. The lowest BCUT2D eigenvalue weighted by molar-refractivity contribution is 0.103. The fourth-order valence-electron chi connectivity index (χ4n) is 1.43. The fourth-order valence-corrected chi connectivity index (χ4v) is 2.09. The van der Waals surface area contributed by atoms with Gasteiger partial charge in [0.1, 0.15) is 5.82 Å². The second-order valence-corrected chi connectivity index (χ2v) is 5.12. The lowest BCUT2D eigenvalue weighted by Crippen LogP contribution is -2.02. The van der Waals surface area contributed by atoms with Crippen LogP contribution in [0.25, 0.3) is 0 Å². The molecule has 0 unspecified atom stereocenters. The van der Waals surface area contributed by atoms with Crippen LogP contribution < -0.4 is 0 Å². The SMILES string of the molecule is O=C(c1cccc(I)c1)c1ccc(Cl)c(F)c1. The molecule has 4 heteroatoms. The van der Waals surface area contributed by atoms with Gasteiger partial charge in [0.2, 0.25) is 0 Å². The molecule has 0 aliphatic rings. The molecule has 0 atom stereocenters. The third-order valence-corrected chi connectivity index (χ3v) is 3.25. The molecule has 0 aromatic heterocycles. The smallest absolute Gasteiger partial charge is 0.193 e. The molecule has 0 radical (unpaired) electrons. The molecule has 0 heterocycles. The van der Waals surface area contributed by atoms with E-state index >= 15 is 0 Å². The van der Waals surface area contributed by atoms with Crippen molar-refractivity contribution in [2.24, 2.45) is 0 Å². The highest BCUT2D eigenvalue weighted by atomic mass is 127. The van der Waals surface area contributed by atoms with Crippen LogP contribution in [0.2, 0.25) is 5.02 Å². The second kappa shape index (κ2) is 5.14. The summed E-state index contributed by atoms with van der Waals surface area (Å²) in [5, 5.41) is 0.0178. The predicted molar refractivity (Wildman–Crippen MR) is 74.0 cm³/mol. The highest BCUT2D eigenvalue weighted by Gasteiger charge is 2.11. The van der Waals surface area contributed by atoms with Gasteiger partial charge in [-0.15, -0.1) is 0 Å². The van der Waals surface area contributed by atoms with E-state index in [-0.39, 0.29) is 10.8 Å². The largest absolute Gasteiger partial charge is 0.289 e. The van der Waals surface area contributed by atoms with Crippen LogP contribution in [0.4, 0.5) is 4.39 Å². The predicted octanol–water partition coefficient (Wildman–Crippen LogP) is 4.31. The Labute approximate surface area is 117 Å². The van der Waals surface area contributed by atoms with Crippen LogP contribution in [0.5, 0.6) is 0 Å². The van der Waals surface area contributed by atoms with Crippen molar-refractivity contribution in [2.45, 2.75) is 0 Å². The molecule has 17 heavy (non-hydrogen) atoms. The summed E-state index contributed by atoms with van der Waals surface area (Å²) in [5.74, 6) is -0.790. The Bertz CT molecular complexity index is 583. The summed E-state index contributed by atoms with van der Waals surface area (Å²) >= 11 is 7.69. The standard InChI is InChI=1S/C13H7ClFIO/c14-11-5-4-9(7-12(11)15)13(17)8-2-1-3-10(16)6-8/h1-7H. The average molecular weight is 361 g/mol. The summed E-state index contributed by atoms with van der Waals surface area (Å²) in [7, 11) is 0. The summed E-state index contributed by atoms with van der Waals surface area (Å²) in [5.41, 5.74) is 0.840. The Morgan fingerprint density at radius 1 is 1.12 bits per heavy atom. The van der Waals surface area contributed by atoms with E-state index in [4.69, 9.17) is 11.6 Å². The fraction of sp³-hybridized carbons (Fsp3) is 0. The third kappa shape index (κ3) is 2.84. The van der Waals surface area contributed by atoms with E-state index in [0.717, 1.165) is 9.64 Å². The molecule has 0 amide bonds. The molecule has 0 fully saturated rings. The van der Waals surface area contributed by atoms with Crippen molar-refractivity contribution in [3.63, 3.8) is 0 Å². The summed E-state index contributed by atoms with van der Waals surface area (Å²) in [4.78, 5) is 12.0. The molecule has 0 aliphatic carbocycles. The number of ketones is 1. The average Bonchev–Trinajstić information content (AvgIpc) is 2.32. The van der Waals surface area contributed by atoms with Crippen molar-refractivity contribution < 1.29 is 9.18 Å². The molecular weight excluding hydrogens is 353 g/mol. The van der Waals surface area contributed by atoms with Crippen LogP contribution in [0.15, 0.2) is 42.5 Å². The normalized spacial score (nSPS) is 10.3. The Kier molecular flexibility index (Phi) is 3.79. The quantitative estimate of drug-likeness (QED) is 0.576. The van der Waals surface area contributed by atoms with Gasteiger partial charge in [-0.3, -0.25) is 4.79 Å². The Morgan fingerprint density at radius 2 is 1.82 bits per heavy atom. The van der Waals surface area contributed by atoms with Gasteiger partial charge in [0, 0.05) is 14.7 Å². The van der Waals surface area contributed by atoms with Gasteiger partial charge < -0.3 is 0 Å². The number of carbonyl (C=O) groups excluding carboxylic acids is 1. The zero-order valence-electron chi connectivity index (χ0n) is 8.58. The molecule has 0 spiro atoms. The lowest BCUT2D eigenvalue weighted by Gasteiger charge is -2.02. The van der Waals surface area contributed by atoms with Gasteiger partial charge in [-0.25, -0.2) is 4.39 Å². The van der Waals surface area contributed by atoms with Crippen LogP contribution in [-0.4, -0.2) is 5.78 Å². The molecule has 2 rings (SSSR count). The first-order valence-electron chi connectivity index (χ1n) is 4.83. The Balaban J connectivity index is 2.40. The van der Waals surface area contributed by atoms with E-state index in [1.165, 1.54) is 12.1 Å². The van der Waals surface area contributed by atoms with Crippen molar-refractivity contribution >= 4 is 40.0 Å². The molecule has 0 bridgehead atoms. The van der Waals surface area contributed by atoms with Gasteiger partial charge in [-0.2, -0.15) is 0 Å². The molecule has 2 aromatic rings. The summed E-state index contributed by atoms with van der Waals surface area (Å²) in [6.07, 6.45) is 0. The first-order valence-corrected chi connectivity index (χ1v) is 6.29. The topological polar surface area (TPSA) is 17.1 Å². The molecular formula is C13H7ClFIO. The molecule has 0 aliphatic heterocycles. The number of halogens is 3. The Hall–Kier alpha value is -0.940. The molecule has 1 nitrogen and oxygen atoms in total. The first-order chi connectivity index (χ1) is 8.08. The van der Waals surface area contributed by atoms with E-state index in [0.29, 0.717) is 11.1 Å². The van der Waals surface area contributed by atoms with Gasteiger partial charge in [-0.1, -0.05) is 23.7 Å². The van der Waals surface area contributed by atoms with E-state index in [9.17, 15) is 9.18 Å². The zero-order chi connectivity index (χ0) is 12.4. The number of hydrogen-bond donors (Lipinski definition) is 0. The van der Waals surface area contributed by atoms with Crippen molar-refractivity contribution in [3.05, 3.63) is 68.0 Å². The van der Waals surface area contributed by atoms with Gasteiger partial charge >= 0.3 is 0 Å². The van der Waals surface area contributed by atoms with Crippen LogP contribution in [0, 0.1) is 9.39 Å². The number of benzene rings is 2. The van der Waals surface area contributed by atoms with Gasteiger partial charge in [0.25, 0.3) is 0 Å². The summed E-state index contributed by atoms with van der Waals surface area (Å²) in [6, 6.07) is 11.2. The van der Waals surface area contributed by atoms with Gasteiger partial charge in [0.05, 0.1) is 5.02 Å². The van der Waals surface area contributed by atoms with E-state index in [2.05, 4.69) is 22.6 Å². The minimum atomic E-state index is -0.580. The minimum absolute atomic E-state index is 0.0178. The van der Waals surface area contributed by atoms with Crippen LogP contribution >= 0.6 is 34.2 Å². The summed E-state index contributed by atoms with van der Waals surface area (Å²) < 4.78 is 14.2. The van der Waals surface area contributed by atoms with Crippen molar-refractivity contribution in [1.29, 1.82) is 0 Å². The van der Waals surface area contributed by atoms with Crippen LogP contribution in [0.3, 0.4) is 0 Å². The van der Waals surface area contributed by atoms with E-state index in [1.54, 1.807) is 18.2 Å². The van der Waals surface area contributed by atoms with Crippen molar-refractivity contribution in [1.82, 2.24) is 0 Å². The van der Waals surface area contributed by atoms with E-state index < -0.39 is 5.82 Å². The van der Waals surface area contributed by atoms with Crippen molar-refractivity contribution in [3.8, 4) is 0 Å². The van der Waals surface area contributed by atoms with Gasteiger partial charge in [-0.05, 0) is 52.9 Å². The maximum absolute atomic E-state index is 13.2. The number of hydrogen-bond acceptors (Lipinski definition) is 1. The van der Waals surface area contributed by atoms with Crippen LogP contribution in [0.1, 0.15) is 15.9 Å². The molecule has 0 N–H and O–H groups in total. The molecule has 0 saturated carbocycles.